The molecule has 0 aliphatic heterocycles. The first-order chi connectivity index (χ1) is 9.13. The van der Waals surface area contributed by atoms with Crippen LogP contribution in [0.25, 0.3) is 11.3 Å². The summed E-state index contributed by atoms with van der Waals surface area (Å²) < 4.78 is 39.7. The largest absolute Gasteiger partial charge is 0.370 e. The minimum absolute atomic E-state index is 0.0964. The van der Waals surface area contributed by atoms with E-state index in [1.165, 1.54) is 12.4 Å². The van der Waals surface area contributed by atoms with Crippen molar-refractivity contribution >= 4 is 5.82 Å². The van der Waals surface area contributed by atoms with Crippen LogP contribution in [-0.4, -0.2) is 16.5 Å². The Morgan fingerprint density at radius 3 is 2.63 bits per heavy atom. The third kappa shape index (κ3) is 2.83. The van der Waals surface area contributed by atoms with Crippen molar-refractivity contribution in [1.82, 2.24) is 9.97 Å². The lowest BCUT2D eigenvalue weighted by atomic mass is 10.1. The molecule has 2 rings (SSSR count). The Morgan fingerprint density at radius 2 is 1.89 bits per heavy atom. The van der Waals surface area contributed by atoms with Crippen molar-refractivity contribution in [3.8, 4) is 11.3 Å². The van der Waals surface area contributed by atoms with Crippen molar-refractivity contribution in [3.05, 3.63) is 42.0 Å². The number of rotatable bonds is 4. The molecule has 0 fully saturated rings. The number of halogens is 3. The molecule has 0 bridgehead atoms. The van der Waals surface area contributed by atoms with E-state index in [9.17, 15) is 13.2 Å². The van der Waals surface area contributed by atoms with Crippen LogP contribution in [-0.2, 0) is 0 Å². The van der Waals surface area contributed by atoms with E-state index < -0.39 is 17.5 Å². The average molecular weight is 267 g/mol. The minimum Gasteiger partial charge on any atom is -0.370 e. The number of hydrogen-bond donors (Lipinski definition) is 1. The molecule has 3 nitrogen and oxygen atoms in total. The molecule has 100 valence electrons. The van der Waals surface area contributed by atoms with Gasteiger partial charge in [-0.05, 0) is 18.6 Å². The zero-order chi connectivity index (χ0) is 13.8. The minimum atomic E-state index is -1.50. The van der Waals surface area contributed by atoms with Crippen LogP contribution in [0.5, 0.6) is 0 Å². The van der Waals surface area contributed by atoms with E-state index in [1.807, 2.05) is 6.92 Å². The second-order valence-corrected chi connectivity index (χ2v) is 3.94. The highest BCUT2D eigenvalue weighted by molar-refractivity contribution is 5.62. The lowest BCUT2D eigenvalue weighted by molar-refractivity contribution is 0.449. The average Bonchev–Trinajstić information content (AvgIpc) is 2.43. The molecule has 0 aliphatic carbocycles. The van der Waals surface area contributed by atoms with Gasteiger partial charge in [-0.25, -0.2) is 23.1 Å². The highest BCUT2D eigenvalue weighted by atomic mass is 19.2. The van der Waals surface area contributed by atoms with Gasteiger partial charge in [-0.3, -0.25) is 0 Å². The number of anilines is 1. The zero-order valence-corrected chi connectivity index (χ0v) is 10.3. The van der Waals surface area contributed by atoms with Crippen LogP contribution in [0, 0.1) is 17.5 Å². The van der Waals surface area contributed by atoms with Crippen molar-refractivity contribution in [2.75, 3.05) is 11.9 Å². The molecule has 19 heavy (non-hydrogen) atoms. The highest BCUT2D eigenvalue weighted by Gasteiger charge is 2.15. The maximum atomic E-state index is 13.6. The number of hydrogen-bond acceptors (Lipinski definition) is 3. The van der Waals surface area contributed by atoms with Gasteiger partial charge >= 0.3 is 0 Å². The molecular formula is C13H12F3N3. The first kappa shape index (κ1) is 13.3. The SMILES string of the molecule is CCCNc1cc(-c2ccc(F)c(F)c2F)ncn1. The van der Waals surface area contributed by atoms with Crippen molar-refractivity contribution in [1.29, 1.82) is 0 Å². The van der Waals surface area contributed by atoms with E-state index in [1.54, 1.807) is 0 Å². The van der Waals surface area contributed by atoms with Gasteiger partial charge in [0, 0.05) is 18.2 Å². The number of benzene rings is 1. The number of aromatic nitrogens is 2. The Kier molecular flexibility index (Phi) is 3.99. The topological polar surface area (TPSA) is 37.8 Å². The fourth-order valence-corrected chi connectivity index (χ4v) is 1.58. The van der Waals surface area contributed by atoms with Crippen molar-refractivity contribution in [2.24, 2.45) is 0 Å². The van der Waals surface area contributed by atoms with Crippen LogP contribution in [0.1, 0.15) is 13.3 Å². The third-order valence-corrected chi connectivity index (χ3v) is 2.53. The van der Waals surface area contributed by atoms with Crippen LogP contribution in [0.3, 0.4) is 0 Å². The first-order valence-corrected chi connectivity index (χ1v) is 5.83. The van der Waals surface area contributed by atoms with E-state index in [4.69, 9.17) is 0 Å². The maximum absolute atomic E-state index is 13.6. The van der Waals surface area contributed by atoms with Crippen LogP contribution < -0.4 is 5.32 Å². The van der Waals surface area contributed by atoms with Gasteiger partial charge in [0.2, 0.25) is 0 Å². The fraction of sp³-hybridized carbons (Fsp3) is 0.231. The van der Waals surface area contributed by atoms with Gasteiger partial charge in [0.1, 0.15) is 12.1 Å². The molecule has 0 saturated carbocycles. The van der Waals surface area contributed by atoms with E-state index in [2.05, 4.69) is 15.3 Å². The van der Waals surface area contributed by atoms with E-state index >= 15 is 0 Å². The van der Waals surface area contributed by atoms with Crippen LogP contribution >= 0.6 is 0 Å². The number of nitrogens with zero attached hydrogens (tertiary/aromatic N) is 2. The van der Waals surface area contributed by atoms with Gasteiger partial charge in [0.05, 0.1) is 5.69 Å². The maximum Gasteiger partial charge on any atom is 0.195 e. The molecule has 0 spiro atoms. The van der Waals surface area contributed by atoms with E-state index in [-0.39, 0.29) is 11.3 Å². The van der Waals surface area contributed by atoms with E-state index in [0.717, 1.165) is 18.6 Å². The molecule has 6 heteroatoms. The zero-order valence-electron chi connectivity index (χ0n) is 10.3. The van der Waals surface area contributed by atoms with Crippen molar-refractivity contribution < 1.29 is 13.2 Å². The lowest BCUT2D eigenvalue weighted by Crippen LogP contribution is -2.03. The Bertz CT molecular complexity index is 587. The molecule has 0 amide bonds. The summed E-state index contributed by atoms with van der Waals surface area (Å²) in [6.07, 6.45) is 2.15. The van der Waals surface area contributed by atoms with Gasteiger partial charge in [0.25, 0.3) is 0 Å². The molecule has 1 aromatic heterocycles. The number of nitrogens with one attached hydrogen (secondary N) is 1. The molecule has 1 heterocycles. The Balaban J connectivity index is 2.39. The summed E-state index contributed by atoms with van der Waals surface area (Å²) in [6.45, 7) is 2.70. The van der Waals surface area contributed by atoms with Crippen molar-refractivity contribution in [2.45, 2.75) is 13.3 Å². The summed E-state index contributed by atoms with van der Waals surface area (Å²) in [5.74, 6) is -3.46. The molecule has 0 unspecified atom stereocenters. The van der Waals surface area contributed by atoms with Crippen LogP contribution in [0.2, 0.25) is 0 Å². The molecule has 1 N–H and O–H groups in total. The molecule has 0 aliphatic rings. The normalized spacial score (nSPS) is 10.5. The monoisotopic (exact) mass is 267 g/mol. The molecule has 0 radical (unpaired) electrons. The predicted molar refractivity (Wildman–Crippen MR) is 66.1 cm³/mol. The molecule has 0 saturated heterocycles. The second kappa shape index (κ2) is 5.69. The second-order valence-electron chi connectivity index (χ2n) is 3.94. The third-order valence-electron chi connectivity index (χ3n) is 2.53. The summed E-state index contributed by atoms with van der Waals surface area (Å²) >= 11 is 0. The smallest absolute Gasteiger partial charge is 0.195 e. The highest BCUT2D eigenvalue weighted by Crippen LogP contribution is 2.25. The van der Waals surface area contributed by atoms with E-state index in [0.29, 0.717) is 12.4 Å². The van der Waals surface area contributed by atoms with Gasteiger partial charge in [0.15, 0.2) is 17.5 Å². The van der Waals surface area contributed by atoms with Crippen LogP contribution in [0.4, 0.5) is 19.0 Å². The first-order valence-electron chi connectivity index (χ1n) is 5.83. The molecular weight excluding hydrogens is 255 g/mol. The van der Waals surface area contributed by atoms with Gasteiger partial charge in [-0.1, -0.05) is 6.92 Å². The fourth-order valence-electron chi connectivity index (χ4n) is 1.58. The predicted octanol–water partition coefficient (Wildman–Crippen LogP) is 3.38. The van der Waals surface area contributed by atoms with Gasteiger partial charge < -0.3 is 5.32 Å². The molecule has 1 aromatic carbocycles. The lowest BCUT2D eigenvalue weighted by Gasteiger charge is -2.07. The molecule has 0 atom stereocenters. The van der Waals surface area contributed by atoms with Crippen molar-refractivity contribution in [3.63, 3.8) is 0 Å². The Labute approximate surface area is 108 Å². The Morgan fingerprint density at radius 1 is 1.11 bits per heavy atom. The summed E-state index contributed by atoms with van der Waals surface area (Å²) in [5, 5.41) is 3.01. The van der Waals surface area contributed by atoms with Gasteiger partial charge in [-0.15, -0.1) is 0 Å². The Hall–Kier alpha value is -2.11. The van der Waals surface area contributed by atoms with Gasteiger partial charge in [-0.2, -0.15) is 0 Å². The quantitative estimate of drug-likeness (QED) is 0.863. The van der Waals surface area contributed by atoms with Crippen LogP contribution in [0.15, 0.2) is 24.5 Å². The standard InChI is InChI=1S/C13H12F3N3/c1-2-5-17-11-6-10(18-7-19-11)8-3-4-9(14)13(16)12(8)15/h3-4,6-7H,2,5H2,1H3,(H,17,18,19). The summed E-state index contributed by atoms with van der Waals surface area (Å²) in [5.41, 5.74) is 0.103. The summed E-state index contributed by atoms with van der Waals surface area (Å²) in [4.78, 5) is 7.83. The summed E-state index contributed by atoms with van der Waals surface area (Å²) in [6, 6.07) is 3.51. The summed E-state index contributed by atoms with van der Waals surface area (Å²) in [7, 11) is 0. The molecule has 2 aromatic rings.